The van der Waals surface area contributed by atoms with Crippen molar-refractivity contribution in [1.29, 1.82) is 0 Å². The molecule has 0 spiro atoms. The van der Waals surface area contributed by atoms with E-state index in [0.29, 0.717) is 6.54 Å². The average Bonchev–Trinajstić information content (AvgIpc) is 2.83. The van der Waals surface area contributed by atoms with Crippen LogP contribution in [0.4, 0.5) is 4.39 Å². The van der Waals surface area contributed by atoms with Gasteiger partial charge >= 0.3 is 0 Å². The van der Waals surface area contributed by atoms with Gasteiger partial charge in [-0.2, -0.15) is 0 Å². The van der Waals surface area contributed by atoms with Crippen molar-refractivity contribution < 1.29 is 4.39 Å². The number of hydrogen-bond donors (Lipinski definition) is 1. The Morgan fingerprint density at radius 3 is 2.78 bits per heavy atom. The molecule has 0 aliphatic heterocycles. The Labute approximate surface area is 110 Å². The average molecular weight is 265 g/mol. The molecule has 1 heterocycles. The summed E-state index contributed by atoms with van der Waals surface area (Å²) in [6, 6.07) is 6.62. The zero-order valence-corrected chi connectivity index (χ0v) is 10.9. The molecule has 0 saturated heterocycles. The summed E-state index contributed by atoms with van der Waals surface area (Å²) < 4.78 is 14.9. The zero-order chi connectivity index (χ0) is 12.8. The number of imidazole rings is 1. The summed E-state index contributed by atoms with van der Waals surface area (Å²) in [7, 11) is 0. The maximum atomic E-state index is 12.8. The van der Waals surface area contributed by atoms with E-state index in [1.807, 2.05) is 18.3 Å². The molecule has 0 amide bonds. The molecule has 1 aromatic heterocycles. The summed E-state index contributed by atoms with van der Waals surface area (Å²) in [5, 5.41) is 0.988. The lowest BCUT2D eigenvalue weighted by Crippen LogP contribution is -2.05. The first-order valence-corrected chi connectivity index (χ1v) is 6.86. The highest BCUT2D eigenvalue weighted by Crippen LogP contribution is 2.15. The van der Waals surface area contributed by atoms with E-state index in [1.54, 1.807) is 18.0 Å². The van der Waals surface area contributed by atoms with E-state index in [0.717, 1.165) is 29.4 Å². The number of aryl methyl sites for hydroxylation is 2. The molecular formula is C13H16FN3S. The van der Waals surface area contributed by atoms with Crippen molar-refractivity contribution in [2.75, 3.05) is 12.3 Å². The third-order valence-corrected chi connectivity index (χ3v) is 3.62. The third kappa shape index (κ3) is 3.58. The van der Waals surface area contributed by atoms with Crippen LogP contribution in [-0.4, -0.2) is 21.8 Å². The molecule has 1 aromatic carbocycles. The molecule has 18 heavy (non-hydrogen) atoms. The molecule has 0 atom stereocenters. The molecule has 0 aliphatic carbocycles. The molecule has 3 nitrogen and oxygen atoms in total. The minimum atomic E-state index is -0.194. The van der Waals surface area contributed by atoms with Crippen molar-refractivity contribution in [3.8, 4) is 0 Å². The van der Waals surface area contributed by atoms with Gasteiger partial charge in [0.1, 0.15) is 5.82 Å². The van der Waals surface area contributed by atoms with Crippen LogP contribution in [0.2, 0.25) is 0 Å². The Balaban J connectivity index is 1.93. The highest BCUT2D eigenvalue weighted by atomic mass is 32.2. The van der Waals surface area contributed by atoms with Gasteiger partial charge in [0.05, 0.1) is 0 Å². The highest BCUT2D eigenvalue weighted by molar-refractivity contribution is 7.99. The van der Waals surface area contributed by atoms with Gasteiger partial charge in [-0.05, 0) is 24.1 Å². The van der Waals surface area contributed by atoms with Gasteiger partial charge in [0.15, 0.2) is 5.16 Å². The van der Waals surface area contributed by atoms with Crippen LogP contribution in [0.15, 0.2) is 41.8 Å². The Morgan fingerprint density at radius 2 is 2.06 bits per heavy atom. The van der Waals surface area contributed by atoms with Gasteiger partial charge in [-0.3, -0.25) is 0 Å². The molecular weight excluding hydrogens is 249 g/mol. The van der Waals surface area contributed by atoms with E-state index in [2.05, 4.69) is 9.55 Å². The molecule has 2 rings (SSSR count). The number of benzene rings is 1. The Morgan fingerprint density at radius 1 is 1.28 bits per heavy atom. The lowest BCUT2D eigenvalue weighted by molar-refractivity contribution is 0.619. The summed E-state index contributed by atoms with van der Waals surface area (Å²) in [4.78, 5) is 4.29. The number of aromatic nitrogens is 2. The van der Waals surface area contributed by atoms with E-state index < -0.39 is 0 Å². The second-order valence-corrected chi connectivity index (χ2v) is 4.98. The van der Waals surface area contributed by atoms with Gasteiger partial charge in [-0.15, -0.1) is 0 Å². The second-order valence-electron chi connectivity index (χ2n) is 3.92. The predicted molar refractivity (Wildman–Crippen MR) is 72.1 cm³/mol. The smallest absolute Gasteiger partial charge is 0.167 e. The second kappa shape index (κ2) is 6.56. The van der Waals surface area contributed by atoms with Gasteiger partial charge < -0.3 is 10.3 Å². The molecule has 0 unspecified atom stereocenters. The van der Waals surface area contributed by atoms with Crippen molar-refractivity contribution in [2.24, 2.45) is 5.73 Å². The summed E-state index contributed by atoms with van der Waals surface area (Å²) in [6.45, 7) is 1.49. The number of nitrogens with zero attached hydrogens (tertiary/aromatic N) is 2. The van der Waals surface area contributed by atoms with Gasteiger partial charge in [0, 0.05) is 31.2 Å². The summed E-state index contributed by atoms with van der Waals surface area (Å²) in [6.07, 6.45) is 4.62. The number of hydrogen-bond acceptors (Lipinski definition) is 3. The lowest BCUT2D eigenvalue weighted by Gasteiger charge is -2.07. The van der Waals surface area contributed by atoms with Crippen LogP contribution in [0, 0.1) is 5.82 Å². The first-order valence-electron chi connectivity index (χ1n) is 5.88. The molecule has 2 aromatic rings. The zero-order valence-electron chi connectivity index (χ0n) is 10.1. The summed E-state index contributed by atoms with van der Waals surface area (Å²) >= 11 is 1.66. The third-order valence-electron chi connectivity index (χ3n) is 2.58. The first kappa shape index (κ1) is 13.1. The largest absolute Gasteiger partial charge is 0.330 e. The number of thioether (sulfide) groups is 1. The first-order chi connectivity index (χ1) is 8.79. The fraction of sp³-hybridized carbons (Fsp3) is 0.308. The summed E-state index contributed by atoms with van der Waals surface area (Å²) in [5.41, 5.74) is 6.61. The molecule has 0 radical (unpaired) electrons. The Bertz CT molecular complexity index is 481. The van der Waals surface area contributed by atoms with Crippen LogP contribution >= 0.6 is 11.8 Å². The van der Waals surface area contributed by atoms with Crippen LogP contribution in [0.1, 0.15) is 5.56 Å². The van der Waals surface area contributed by atoms with Gasteiger partial charge in [-0.1, -0.05) is 23.9 Å². The lowest BCUT2D eigenvalue weighted by atomic mass is 10.1. The minimum absolute atomic E-state index is 0.194. The van der Waals surface area contributed by atoms with Crippen LogP contribution in [0.25, 0.3) is 0 Å². The monoisotopic (exact) mass is 265 g/mol. The highest BCUT2D eigenvalue weighted by Gasteiger charge is 2.03. The van der Waals surface area contributed by atoms with Gasteiger partial charge in [0.2, 0.25) is 0 Å². The normalized spacial score (nSPS) is 10.8. The predicted octanol–water partition coefficient (Wildman–Crippen LogP) is 2.32. The van der Waals surface area contributed by atoms with E-state index in [-0.39, 0.29) is 5.82 Å². The van der Waals surface area contributed by atoms with Crippen LogP contribution in [-0.2, 0) is 13.0 Å². The standard InChI is InChI=1S/C13H16FN3S/c14-12-3-1-11(2-4-12)5-8-17-9-7-16-13(17)18-10-6-15/h1-4,7,9H,5-6,8,10,15H2. The Kier molecular flexibility index (Phi) is 4.78. The van der Waals surface area contributed by atoms with Crippen LogP contribution in [0.5, 0.6) is 0 Å². The van der Waals surface area contributed by atoms with Crippen LogP contribution < -0.4 is 5.73 Å². The molecule has 0 saturated carbocycles. The van der Waals surface area contributed by atoms with Crippen molar-refractivity contribution in [1.82, 2.24) is 9.55 Å². The fourth-order valence-corrected chi connectivity index (χ4v) is 2.41. The topological polar surface area (TPSA) is 43.8 Å². The van der Waals surface area contributed by atoms with E-state index in [4.69, 9.17) is 5.73 Å². The van der Waals surface area contributed by atoms with E-state index in [9.17, 15) is 4.39 Å². The van der Waals surface area contributed by atoms with Crippen molar-refractivity contribution >= 4 is 11.8 Å². The van der Waals surface area contributed by atoms with Crippen LogP contribution in [0.3, 0.4) is 0 Å². The molecule has 2 N–H and O–H groups in total. The molecule has 96 valence electrons. The molecule has 0 aliphatic rings. The van der Waals surface area contributed by atoms with Gasteiger partial charge in [0.25, 0.3) is 0 Å². The van der Waals surface area contributed by atoms with E-state index in [1.165, 1.54) is 12.1 Å². The fourth-order valence-electron chi connectivity index (χ4n) is 1.66. The van der Waals surface area contributed by atoms with Crippen molar-refractivity contribution in [3.05, 3.63) is 48.0 Å². The quantitative estimate of drug-likeness (QED) is 0.815. The number of rotatable bonds is 6. The maximum absolute atomic E-state index is 12.8. The van der Waals surface area contributed by atoms with Crippen molar-refractivity contribution in [3.63, 3.8) is 0 Å². The summed E-state index contributed by atoms with van der Waals surface area (Å²) in [5.74, 6) is 0.675. The number of halogens is 1. The molecule has 0 bridgehead atoms. The Hall–Kier alpha value is -1.33. The SMILES string of the molecule is NCCSc1nccn1CCc1ccc(F)cc1. The van der Waals surface area contributed by atoms with Crippen molar-refractivity contribution in [2.45, 2.75) is 18.1 Å². The number of nitrogens with two attached hydrogens (primary N) is 1. The molecule has 5 heteroatoms. The maximum Gasteiger partial charge on any atom is 0.167 e. The van der Waals surface area contributed by atoms with E-state index >= 15 is 0 Å². The van der Waals surface area contributed by atoms with Gasteiger partial charge in [-0.25, -0.2) is 9.37 Å². The minimum Gasteiger partial charge on any atom is -0.330 e. The molecule has 0 fully saturated rings.